The minimum absolute atomic E-state index is 0.276. The molecule has 0 heterocycles. The second kappa shape index (κ2) is 5.49. The molecule has 0 aromatic heterocycles. The van der Waals surface area contributed by atoms with Gasteiger partial charge in [-0.15, -0.1) is 0 Å². The van der Waals surface area contributed by atoms with E-state index in [2.05, 4.69) is 21.2 Å². The van der Waals surface area contributed by atoms with Crippen LogP contribution in [0.1, 0.15) is 25.8 Å². The monoisotopic (exact) mass is 312 g/mol. The number of nitrogens with zero attached hydrogens (tertiary/aromatic N) is 1. The van der Waals surface area contributed by atoms with Gasteiger partial charge in [-0.2, -0.15) is 5.26 Å². The van der Waals surface area contributed by atoms with E-state index in [1.807, 2.05) is 6.07 Å². The number of aryl methyl sites for hydroxylation is 1. The molecule has 0 aliphatic carbocycles. The molecule has 96 valence electrons. The predicted molar refractivity (Wildman–Crippen MR) is 71.5 cm³/mol. The second-order valence-corrected chi connectivity index (χ2v) is 5.19. The fourth-order valence-corrected chi connectivity index (χ4v) is 1.67. The number of hydrogen-bond donors (Lipinski definition) is 1. The zero-order valence-corrected chi connectivity index (χ0v) is 12.1. The maximum Gasteiger partial charge on any atom is 0.244 e. The van der Waals surface area contributed by atoms with Crippen LogP contribution in [0.4, 0.5) is 10.1 Å². The summed E-state index contributed by atoms with van der Waals surface area (Å²) in [7, 11) is 0. The van der Waals surface area contributed by atoms with Crippen molar-refractivity contribution in [3.05, 3.63) is 28.0 Å². The highest BCUT2D eigenvalue weighted by Gasteiger charge is 2.31. The van der Waals surface area contributed by atoms with Gasteiger partial charge in [0, 0.05) is 5.69 Å². The first-order chi connectivity index (χ1) is 8.34. The normalized spacial score (nSPS) is 13.6. The number of nitriles is 1. The quantitative estimate of drug-likeness (QED) is 0.923. The molecule has 18 heavy (non-hydrogen) atoms. The number of carbonyl (C=O) groups excluding carboxylic acids is 1. The van der Waals surface area contributed by atoms with Gasteiger partial charge >= 0.3 is 0 Å². The van der Waals surface area contributed by atoms with Crippen molar-refractivity contribution in [1.29, 1.82) is 5.26 Å². The van der Waals surface area contributed by atoms with E-state index >= 15 is 0 Å². The van der Waals surface area contributed by atoms with Crippen molar-refractivity contribution in [2.24, 2.45) is 5.41 Å². The fourth-order valence-electron chi connectivity index (χ4n) is 1.33. The highest BCUT2D eigenvalue weighted by atomic mass is 79.9. The Bertz CT molecular complexity index is 524. The van der Waals surface area contributed by atoms with Crippen molar-refractivity contribution in [3.8, 4) is 6.07 Å². The Morgan fingerprint density at radius 3 is 2.72 bits per heavy atom. The van der Waals surface area contributed by atoms with E-state index in [0.717, 1.165) is 0 Å². The van der Waals surface area contributed by atoms with Crippen molar-refractivity contribution in [2.45, 2.75) is 27.2 Å². The van der Waals surface area contributed by atoms with E-state index in [4.69, 9.17) is 5.26 Å². The topological polar surface area (TPSA) is 52.9 Å². The Labute approximate surface area is 114 Å². The van der Waals surface area contributed by atoms with Gasteiger partial charge in [0.2, 0.25) is 5.91 Å². The third-order valence-corrected chi connectivity index (χ3v) is 3.58. The summed E-state index contributed by atoms with van der Waals surface area (Å²) in [6.45, 7) is 5.05. The zero-order chi connectivity index (χ0) is 13.9. The average molecular weight is 313 g/mol. The molecule has 0 saturated heterocycles. The van der Waals surface area contributed by atoms with Crippen LogP contribution in [0.3, 0.4) is 0 Å². The molecule has 0 aliphatic rings. The third kappa shape index (κ3) is 2.88. The van der Waals surface area contributed by atoms with Crippen LogP contribution in [0.2, 0.25) is 0 Å². The molecule has 0 spiro atoms. The molecule has 1 rings (SSSR count). The molecule has 0 aliphatic heterocycles. The number of hydrogen-bond acceptors (Lipinski definition) is 2. The number of nitrogens with one attached hydrogen (secondary N) is 1. The number of rotatable bonds is 3. The van der Waals surface area contributed by atoms with Gasteiger partial charge in [-0.1, -0.05) is 6.92 Å². The maximum absolute atomic E-state index is 13.3. The summed E-state index contributed by atoms with van der Waals surface area (Å²) in [4.78, 5) is 12.0. The highest BCUT2D eigenvalue weighted by molar-refractivity contribution is 9.10. The molecule has 3 nitrogen and oxygen atoms in total. The van der Waals surface area contributed by atoms with Crippen molar-refractivity contribution in [2.75, 3.05) is 5.32 Å². The van der Waals surface area contributed by atoms with Crippen molar-refractivity contribution in [3.63, 3.8) is 0 Å². The lowest BCUT2D eigenvalue weighted by Crippen LogP contribution is -2.31. The average Bonchev–Trinajstić information content (AvgIpc) is 2.34. The van der Waals surface area contributed by atoms with Crippen molar-refractivity contribution < 1.29 is 9.18 Å². The number of halogens is 2. The van der Waals surface area contributed by atoms with Crippen molar-refractivity contribution in [1.82, 2.24) is 0 Å². The molecular weight excluding hydrogens is 299 g/mol. The molecule has 1 amide bonds. The first-order valence-electron chi connectivity index (χ1n) is 5.52. The Balaban J connectivity index is 3.03. The zero-order valence-electron chi connectivity index (χ0n) is 10.5. The van der Waals surface area contributed by atoms with E-state index in [1.54, 1.807) is 20.8 Å². The third-order valence-electron chi connectivity index (χ3n) is 2.97. The van der Waals surface area contributed by atoms with Gasteiger partial charge in [-0.3, -0.25) is 4.79 Å². The SMILES string of the molecule is CCC(C)(C#N)C(=O)Nc1cc(Br)c(F)cc1C. The van der Waals surface area contributed by atoms with E-state index in [0.29, 0.717) is 17.7 Å². The van der Waals surface area contributed by atoms with Crippen LogP contribution in [-0.4, -0.2) is 5.91 Å². The predicted octanol–water partition coefficient (Wildman–Crippen LogP) is 3.78. The van der Waals surface area contributed by atoms with Crippen LogP contribution in [0, 0.1) is 29.5 Å². The molecule has 0 saturated carbocycles. The summed E-state index contributed by atoms with van der Waals surface area (Å²) in [6.07, 6.45) is 0.413. The smallest absolute Gasteiger partial charge is 0.244 e. The molecular formula is C13H14BrFN2O. The Morgan fingerprint density at radius 1 is 1.61 bits per heavy atom. The summed E-state index contributed by atoms with van der Waals surface area (Å²) >= 11 is 3.06. The first-order valence-corrected chi connectivity index (χ1v) is 6.31. The van der Waals surface area contributed by atoms with Crippen LogP contribution in [0.25, 0.3) is 0 Å². The lowest BCUT2D eigenvalue weighted by molar-refractivity contribution is -0.122. The van der Waals surface area contributed by atoms with Crippen LogP contribution in [-0.2, 0) is 4.79 Å². The standard InChI is InChI=1S/C13H14BrFN2O/c1-4-13(3,7-16)12(18)17-11-6-9(14)10(15)5-8(11)2/h5-6H,4H2,1-3H3,(H,17,18). The van der Waals surface area contributed by atoms with Gasteiger partial charge in [-0.25, -0.2) is 4.39 Å². The largest absolute Gasteiger partial charge is 0.324 e. The van der Waals surface area contributed by atoms with Crippen LogP contribution < -0.4 is 5.32 Å². The van der Waals surface area contributed by atoms with Gasteiger partial charge in [0.15, 0.2) is 0 Å². The molecule has 1 atom stereocenters. The fraction of sp³-hybridized carbons (Fsp3) is 0.385. The Morgan fingerprint density at radius 2 is 2.22 bits per heavy atom. The van der Waals surface area contributed by atoms with Crippen molar-refractivity contribution >= 4 is 27.5 Å². The van der Waals surface area contributed by atoms with Crippen LogP contribution in [0.15, 0.2) is 16.6 Å². The van der Waals surface area contributed by atoms with Gasteiger partial charge in [0.25, 0.3) is 0 Å². The lowest BCUT2D eigenvalue weighted by Gasteiger charge is -2.19. The molecule has 1 aromatic carbocycles. The van der Waals surface area contributed by atoms with Gasteiger partial charge < -0.3 is 5.32 Å². The summed E-state index contributed by atoms with van der Waals surface area (Å²) in [5, 5.41) is 11.7. The molecule has 0 fully saturated rings. The maximum atomic E-state index is 13.3. The van der Waals surface area contributed by atoms with E-state index in [-0.39, 0.29) is 16.2 Å². The van der Waals surface area contributed by atoms with Gasteiger partial charge in [-0.05, 0) is 53.9 Å². The lowest BCUT2D eigenvalue weighted by atomic mass is 9.88. The minimum atomic E-state index is -1.08. The number of amides is 1. The highest BCUT2D eigenvalue weighted by Crippen LogP contribution is 2.27. The molecule has 5 heteroatoms. The summed E-state index contributed by atoms with van der Waals surface area (Å²) in [5.41, 5.74) is 0.0384. The Hall–Kier alpha value is -1.41. The molecule has 1 aromatic rings. The minimum Gasteiger partial charge on any atom is -0.324 e. The summed E-state index contributed by atoms with van der Waals surface area (Å²) in [6, 6.07) is 4.82. The van der Waals surface area contributed by atoms with Gasteiger partial charge in [0.1, 0.15) is 11.2 Å². The first kappa shape index (κ1) is 14.7. The number of anilines is 1. The molecule has 0 radical (unpaired) electrons. The molecule has 1 N–H and O–H groups in total. The van der Waals surface area contributed by atoms with E-state index < -0.39 is 5.41 Å². The number of carbonyl (C=O) groups is 1. The molecule has 1 unspecified atom stereocenters. The molecule has 0 bridgehead atoms. The summed E-state index contributed by atoms with van der Waals surface area (Å²) < 4.78 is 13.5. The van der Waals surface area contributed by atoms with E-state index in [9.17, 15) is 9.18 Å². The van der Waals surface area contributed by atoms with E-state index in [1.165, 1.54) is 12.1 Å². The van der Waals surface area contributed by atoms with Crippen LogP contribution >= 0.6 is 15.9 Å². The number of benzene rings is 1. The summed E-state index contributed by atoms with van der Waals surface area (Å²) in [5.74, 6) is -0.766. The Kier molecular flexibility index (Phi) is 4.47. The van der Waals surface area contributed by atoms with Crippen LogP contribution in [0.5, 0.6) is 0 Å². The second-order valence-electron chi connectivity index (χ2n) is 4.33. The van der Waals surface area contributed by atoms with Gasteiger partial charge in [0.05, 0.1) is 10.5 Å².